The van der Waals surface area contributed by atoms with E-state index in [1.807, 2.05) is 23.9 Å². The van der Waals surface area contributed by atoms with Gasteiger partial charge in [0, 0.05) is 11.5 Å². The predicted molar refractivity (Wildman–Crippen MR) is 47.7 cm³/mol. The van der Waals surface area contributed by atoms with Crippen LogP contribution in [0, 0.1) is 0 Å². The molecule has 0 aromatic heterocycles. The molecule has 1 aliphatic rings. The first-order chi connectivity index (χ1) is 5.38. The maximum absolute atomic E-state index is 8.64. The molecule has 0 saturated carbocycles. The Bertz CT molecular complexity index is 165. The van der Waals surface area contributed by atoms with Gasteiger partial charge >= 0.3 is 0 Å². The van der Waals surface area contributed by atoms with Gasteiger partial charge in [-0.2, -0.15) is 11.8 Å². The van der Waals surface area contributed by atoms with Crippen LogP contribution in [0.2, 0.25) is 0 Å². The Morgan fingerprint density at radius 1 is 1.09 bits per heavy atom. The molecule has 3 heteroatoms. The highest BCUT2D eigenvalue weighted by Gasteiger charge is 2.12. The van der Waals surface area contributed by atoms with Gasteiger partial charge in [-0.3, -0.25) is 0 Å². The molecule has 0 aliphatic carbocycles. The summed E-state index contributed by atoms with van der Waals surface area (Å²) >= 11 is 1.81. The first kappa shape index (κ1) is 8.84. The molecule has 2 N–H and O–H groups in total. The highest BCUT2D eigenvalue weighted by atomic mass is 32.2. The summed E-state index contributed by atoms with van der Waals surface area (Å²) in [6.07, 6.45) is 3.61. The largest absolute Gasteiger partial charge is 0.392 e. The molecule has 0 aromatic carbocycles. The monoisotopic (exact) mass is 172 g/mol. The number of aliphatic hydroxyl groups excluding tert-OH is 2. The van der Waals surface area contributed by atoms with Crippen molar-refractivity contribution in [3.63, 3.8) is 0 Å². The standard InChI is InChI=1S/C8H12O2S/c9-3-1-7-5-11-6-8(7)2-4-10/h1-2,9-10H,3-6H2. The van der Waals surface area contributed by atoms with E-state index < -0.39 is 0 Å². The van der Waals surface area contributed by atoms with Gasteiger partial charge in [-0.25, -0.2) is 0 Å². The minimum Gasteiger partial charge on any atom is -0.392 e. The average Bonchev–Trinajstić information content (AvgIpc) is 2.39. The summed E-state index contributed by atoms with van der Waals surface area (Å²) in [7, 11) is 0. The van der Waals surface area contributed by atoms with Crippen molar-refractivity contribution in [2.45, 2.75) is 0 Å². The van der Waals surface area contributed by atoms with Crippen LogP contribution in [-0.2, 0) is 0 Å². The topological polar surface area (TPSA) is 40.5 Å². The van der Waals surface area contributed by atoms with Gasteiger partial charge in [0.05, 0.1) is 13.2 Å². The van der Waals surface area contributed by atoms with Gasteiger partial charge in [-0.1, -0.05) is 12.2 Å². The number of hydrogen-bond donors (Lipinski definition) is 2. The van der Waals surface area contributed by atoms with Gasteiger partial charge in [0.2, 0.25) is 0 Å². The Labute approximate surface area is 70.6 Å². The third kappa shape index (κ3) is 2.36. The minimum absolute atomic E-state index is 0.0959. The Hall–Kier alpha value is -0.250. The van der Waals surface area contributed by atoms with Crippen LogP contribution < -0.4 is 0 Å². The second-order valence-electron chi connectivity index (χ2n) is 2.32. The van der Waals surface area contributed by atoms with E-state index in [0.29, 0.717) is 0 Å². The van der Waals surface area contributed by atoms with Crippen LogP contribution in [0.15, 0.2) is 23.3 Å². The van der Waals surface area contributed by atoms with E-state index in [1.165, 1.54) is 11.1 Å². The number of hydrogen-bond acceptors (Lipinski definition) is 3. The van der Waals surface area contributed by atoms with Gasteiger partial charge in [0.15, 0.2) is 0 Å². The van der Waals surface area contributed by atoms with E-state index in [9.17, 15) is 0 Å². The van der Waals surface area contributed by atoms with Gasteiger partial charge < -0.3 is 10.2 Å². The smallest absolute Gasteiger partial charge is 0.0618 e. The fraction of sp³-hybridized carbons (Fsp3) is 0.500. The van der Waals surface area contributed by atoms with Crippen LogP contribution >= 0.6 is 11.8 Å². The minimum atomic E-state index is 0.0959. The molecular weight excluding hydrogens is 160 g/mol. The first-order valence-electron chi connectivity index (χ1n) is 3.56. The van der Waals surface area contributed by atoms with Crippen molar-refractivity contribution < 1.29 is 10.2 Å². The molecule has 0 radical (unpaired) electrons. The molecule has 11 heavy (non-hydrogen) atoms. The lowest BCUT2D eigenvalue weighted by atomic mass is 10.1. The number of thioether (sulfide) groups is 1. The molecule has 1 fully saturated rings. The Morgan fingerprint density at radius 2 is 1.55 bits per heavy atom. The van der Waals surface area contributed by atoms with E-state index >= 15 is 0 Å². The van der Waals surface area contributed by atoms with Gasteiger partial charge in [-0.15, -0.1) is 0 Å². The Balaban J connectivity index is 2.65. The van der Waals surface area contributed by atoms with Crippen LogP contribution in [0.25, 0.3) is 0 Å². The average molecular weight is 172 g/mol. The highest BCUT2D eigenvalue weighted by Crippen LogP contribution is 2.27. The molecule has 0 spiro atoms. The molecule has 1 rings (SSSR count). The zero-order valence-corrected chi connectivity index (χ0v) is 7.10. The fourth-order valence-electron chi connectivity index (χ4n) is 1.06. The molecule has 62 valence electrons. The summed E-state index contributed by atoms with van der Waals surface area (Å²) in [6.45, 7) is 0.192. The lowest BCUT2D eigenvalue weighted by Gasteiger charge is -1.96. The highest BCUT2D eigenvalue weighted by molar-refractivity contribution is 8.00. The van der Waals surface area contributed by atoms with E-state index in [-0.39, 0.29) is 13.2 Å². The van der Waals surface area contributed by atoms with Crippen LogP contribution in [0.1, 0.15) is 0 Å². The molecule has 1 heterocycles. The summed E-state index contributed by atoms with van der Waals surface area (Å²) in [5.74, 6) is 1.93. The molecule has 0 amide bonds. The van der Waals surface area contributed by atoms with Crippen LogP contribution in [0.4, 0.5) is 0 Å². The molecule has 2 nitrogen and oxygen atoms in total. The lowest BCUT2D eigenvalue weighted by Crippen LogP contribution is -1.89. The third-order valence-electron chi connectivity index (χ3n) is 1.60. The summed E-state index contributed by atoms with van der Waals surface area (Å²) in [5.41, 5.74) is 2.35. The fourth-order valence-corrected chi connectivity index (χ4v) is 2.21. The molecule has 0 bridgehead atoms. The molecule has 0 atom stereocenters. The van der Waals surface area contributed by atoms with Crippen molar-refractivity contribution in [1.82, 2.24) is 0 Å². The zero-order chi connectivity index (χ0) is 8.10. The van der Waals surface area contributed by atoms with Gasteiger partial charge in [0.1, 0.15) is 0 Å². The molecule has 0 aromatic rings. The van der Waals surface area contributed by atoms with E-state index in [1.54, 1.807) is 0 Å². The lowest BCUT2D eigenvalue weighted by molar-refractivity contribution is 0.340. The summed E-state index contributed by atoms with van der Waals surface area (Å²) in [5, 5.41) is 17.3. The van der Waals surface area contributed by atoms with Crippen molar-refractivity contribution in [3.8, 4) is 0 Å². The van der Waals surface area contributed by atoms with Gasteiger partial charge in [0.25, 0.3) is 0 Å². The third-order valence-corrected chi connectivity index (χ3v) is 2.63. The second-order valence-corrected chi connectivity index (χ2v) is 3.30. The molecule has 1 aliphatic heterocycles. The molecular formula is C8H12O2S. The van der Waals surface area contributed by atoms with Gasteiger partial charge in [-0.05, 0) is 11.1 Å². The maximum atomic E-state index is 8.64. The van der Waals surface area contributed by atoms with Crippen molar-refractivity contribution >= 4 is 11.8 Å². The number of rotatable bonds is 2. The van der Waals surface area contributed by atoms with Crippen molar-refractivity contribution in [2.75, 3.05) is 24.7 Å². The molecule has 1 saturated heterocycles. The van der Waals surface area contributed by atoms with Crippen molar-refractivity contribution in [1.29, 1.82) is 0 Å². The van der Waals surface area contributed by atoms with Crippen LogP contribution in [0.3, 0.4) is 0 Å². The number of aliphatic hydroxyl groups is 2. The van der Waals surface area contributed by atoms with Crippen molar-refractivity contribution in [3.05, 3.63) is 23.3 Å². The van der Waals surface area contributed by atoms with Crippen LogP contribution in [0.5, 0.6) is 0 Å². The molecule has 0 unspecified atom stereocenters. The van der Waals surface area contributed by atoms with E-state index in [2.05, 4.69) is 0 Å². The summed E-state index contributed by atoms with van der Waals surface area (Å²) in [4.78, 5) is 0. The Morgan fingerprint density at radius 3 is 1.91 bits per heavy atom. The van der Waals surface area contributed by atoms with E-state index in [4.69, 9.17) is 10.2 Å². The SMILES string of the molecule is OCC=C1CSCC1=CCO. The quantitative estimate of drug-likeness (QED) is 0.640. The Kier molecular flexibility index (Phi) is 3.69. The van der Waals surface area contributed by atoms with Crippen molar-refractivity contribution in [2.24, 2.45) is 0 Å². The summed E-state index contributed by atoms with van der Waals surface area (Å²) in [6, 6.07) is 0. The first-order valence-corrected chi connectivity index (χ1v) is 4.72. The second kappa shape index (κ2) is 4.59. The van der Waals surface area contributed by atoms with Crippen LogP contribution in [-0.4, -0.2) is 34.9 Å². The van der Waals surface area contributed by atoms with E-state index in [0.717, 1.165) is 11.5 Å². The maximum Gasteiger partial charge on any atom is 0.0618 e. The summed E-state index contributed by atoms with van der Waals surface area (Å²) < 4.78 is 0. The zero-order valence-electron chi connectivity index (χ0n) is 6.29. The predicted octanol–water partition coefficient (Wildman–Crippen LogP) is 0.571. The normalized spacial score (nSPS) is 25.3.